The van der Waals surface area contributed by atoms with Crippen molar-refractivity contribution in [2.45, 2.75) is 64.0 Å². The zero-order valence-electron chi connectivity index (χ0n) is 11.6. The van der Waals surface area contributed by atoms with Crippen molar-refractivity contribution in [3.8, 4) is 0 Å². The Bertz CT molecular complexity index is 299. The first-order chi connectivity index (χ1) is 8.40. The van der Waals surface area contributed by atoms with Crippen LogP contribution in [0.1, 0.15) is 52.4 Å². The quantitative estimate of drug-likeness (QED) is 0.709. The molecule has 0 aromatic rings. The Morgan fingerprint density at radius 3 is 2.56 bits per heavy atom. The van der Waals surface area contributed by atoms with E-state index >= 15 is 0 Å². The second-order valence-corrected chi connectivity index (χ2v) is 6.76. The van der Waals surface area contributed by atoms with E-state index in [4.69, 9.17) is 0 Å². The molecule has 1 aliphatic heterocycles. The SMILES string of the molecule is CC1(C)CCC(O)(CNC(=O)C2CCCN2)CC1. The van der Waals surface area contributed by atoms with Gasteiger partial charge in [-0.3, -0.25) is 4.79 Å². The fourth-order valence-electron chi connectivity index (χ4n) is 2.85. The van der Waals surface area contributed by atoms with Gasteiger partial charge in [-0.05, 0) is 50.5 Å². The van der Waals surface area contributed by atoms with E-state index in [9.17, 15) is 9.90 Å². The van der Waals surface area contributed by atoms with Gasteiger partial charge >= 0.3 is 0 Å². The van der Waals surface area contributed by atoms with Crippen molar-refractivity contribution in [1.82, 2.24) is 10.6 Å². The fourth-order valence-corrected chi connectivity index (χ4v) is 2.85. The molecule has 0 radical (unpaired) electrons. The molecular weight excluding hydrogens is 228 g/mol. The Morgan fingerprint density at radius 1 is 1.33 bits per heavy atom. The molecule has 0 aromatic heterocycles. The summed E-state index contributed by atoms with van der Waals surface area (Å²) in [6.07, 6.45) is 5.62. The number of nitrogens with one attached hydrogen (secondary N) is 2. The van der Waals surface area contributed by atoms with Crippen molar-refractivity contribution in [3.05, 3.63) is 0 Å². The first-order valence-electron chi connectivity index (χ1n) is 7.14. The first-order valence-corrected chi connectivity index (χ1v) is 7.14. The van der Waals surface area contributed by atoms with E-state index in [1.54, 1.807) is 0 Å². The molecule has 1 heterocycles. The third-order valence-electron chi connectivity index (χ3n) is 4.50. The summed E-state index contributed by atoms with van der Waals surface area (Å²) in [6.45, 7) is 5.82. The van der Waals surface area contributed by atoms with Crippen LogP contribution in [0.5, 0.6) is 0 Å². The molecule has 0 aromatic carbocycles. The van der Waals surface area contributed by atoms with Crippen LogP contribution >= 0.6 is 0 Å². The van der Waals surface area contributed by atoms with E-state index < -0.39 is 5.60 Å². The number of amides is 1. The smallest absolute Gasteiger partial charge is 0.237 e. The standard InChI is InChI=1S/C14H26N2O2/c1-13(2)5-7-14(18,8-6-13)10-16-12(17)11-4-3-9-15-11/h11,15,18H,3-10H2,1-2H3,(H,16,17). The van der Waals surface area contributed by atoms with Gasteiger partial charge in [0.1, 0.15) is 0 Å². The monoisotopic (exact) mass is 254 g/mol. The molecule has 4 nitrogen and oxygen atoms in total. The summed E-state index contributed by atoms with van der Waals surface area (Å²) in [4.78, 5) is 11.9. The topological polar surface area (TPSA) is 61.4 Å². The van der Waals surface area contributed by atoms with Crippen LogP contribution in [-0.2, 0) is 4.79 Å². The zero-order chi connectivity index (χ0) is 13.2. The summed E-state index contributed by atoms with van der Waals surface area (Å²) < 4.78 is 0. The van der Waals surface area contributed by atoms with Crippen LogP contribution in [0, 0.1) is 5.41 Å². The lowest BCUT2D eigenvalue weighted by Crippen LogP contribution is -2.50. The van der Waals surface area contributed by atoms with Crippen LogP contribution in [0.4, 0.5) is 0 Å². The van der Waals surface area contributed by atoms with Crippen molar-refractivity contribution in [2.75, 3.05) is 13.1 Å². The minimum absolute atomic E-state index is 0.0470. The van der Waals surface area contributed by atoms with E-state index in [0.717, 1.165) is 45.1 Å². The average Bonchev–Trinajstić information content (AvgIpc) is 2.85. The maximum absolute atomic E-state index is 11.9. The number of carbonyl (C=O) groups excluding carboxylic acids is 1. The summed E-state index contributed by atoms with van der Waals surface area (Å²) in [6, 6.07) is -0.0476. The van der Waals surface area contributed by atoms with Gasteiger partial charge in [0.2, 0.25) is 5.91 Å². The van der Waals surface area contributed by atoms with Crippen molar-refractivity contribution < 1.29 is 9.90 Å². The lowest BCUT2D eigenvalue weighted by Gasteiger charge is -2.40. The normalized spacial score (nSPS) is 30.1. The molecule has 4 heteroatoms. The van der Waals surface area contributed by atoms with Crippen LogP contribution in [0.25, 0.3) is 0 Å². The highest BCUT2D eigenvalue weighted by molar-refractivity contribution is 5.82. The molecule has 1 saturated carbocycles. The number of aliphatic hydroxyl groups is 1. The third-order valence-corrected chi connectivity index (χ3v) is 4.50. The van der Waals surface area contributed by atoms with E-state index in [-0.39, 0.29) is 11.9 Å². The van der Waals surface area contributed by atoms with Crippen molar-refractivity contribution in [3.63, 3.8) is 0 Å². The van der Waals surface area contributed by atoms with Gasteiger partial charge in [0, 0.05) is 6.54 Å². The summed E-state index contributed by atoms with van der Waals surface area (Å²) in [7, 11) is 0. The van der Waals surface area contributed by atoms with E-state index in [1.165, 1.54) is 0 Å². The van der Waals surface area contributed by atoms with Crippen LogP contribution in [0.3, 0.4) is 0 Å². The van der Waals surface area contributed by atoms with Crippen LogP contribution in [-0.4, -0.2) is 35.7 Å². The highest BCUT2D eigenvalue weighted by Crippen LogP contribution is 2.39. The molecule has 2 fully saturated rings. The number of hydrogen-bond donors (Lipinski definition) is 3. The lowest BCUT2D eigenvalue weighted by molar-refractivity contribution is -0.124. The fraction of sp³-hybridized carbons (Fsp3) is 0.929. The number of rotatable bonds is 3. The van der Waals surface area contributed by atoms with Gasteiger partial charge in [-0.1, -0.05) is 13.8 Å². The maximum atomic E-state index is 11.9. The van der Waals surface area contributed by atoms with Crippen molar-refractivity contribution in [2.24, 2.45) is 5.41 Å². The molecule has 2 rings (SSSR count). The van der Waals surface area contributed by atoms with Gasteiger partial charge in [0.25, 0.3) is 0 Å². The Balaban J connectivity index is 1.77. The molecule has 0 spiro atoms. The summed E-state index contributed by atoms with van der Waals surface area (Å²) in [5.74, 6) is 0.0470. The first kappa shape index (κ1) is 13.8. The highest BCUT2D eigenvalue weighted by atomic mass is 16.3. The molecule has 1 aliphatic carbocycles. The van der Waals surface area contributed by atoms with Crippen LogP contribution < -0.4 is 10.6 Å². The van der Waals surface area contributed by atoms with E-state index in [0.29, 0.717) is 12.0 Å². The molecule has 1 atom stereocenters. The number of hydrogen-bond acceptors (Lipinski definition) is 3. The second-order valence-electron chi connectivity index (χ2n) is 6.76. The average molecular weight is 254 g/mol. The number of carbonyl (C=O) groups is 1. The highest BCUT2D eigenvalue weighted by Gasteiger charge is 2.37. The predicted molar refractivity (Wildman–Crippen MR) is 71.2 cm³/mol. The summed E-state index contributed by atoms with van der Waals surface area (Å²) >= 11 is 0. The van der Waals surface area contributed by atoms with Crippen LogP contribution in [0.15, 0.2) is 0 Å². The molecule has 0 bridgehead atoms. The third kappa shape index (κ3) is 3.45. The molecule has 104 valence electrons. The molecule has 1 unspecified atom stereocenters. The summed E-state index contributed by atoms with van der Waals surface area (Å²) in [5.41, 5.74) is -0.354. The molecule has 1 amide bonds. The van der Waals surface area contributed by atoms with Gasteiger partial charge in [-0.2, -0.15) is 0 Å². The van der Waals surface area contributed by atoms with Gasteiger partial charge in [0.15, 0.2) is 0 Å². The van der Waals surface area contributed by atoms with E-state index in [1.807, 2.05) is 0 Å². The van der Waals surface area contributed by atoms with Gasteiger partial charge in [-0.15, -0.1) is 0 Å². The largest absolute Gasteiger partial charge is 0.388 e. The molecule has 2 aliphatic rings. The minimum atomic E-state index is -0.691. The predicted octanol–water partition coefficient (Wildman–Crippen LogP) is 1.19. The van der Waals surface area contributed by atoms with Gasteiger partial charge in [-0.25, -0.2) is 0 Å². The van der Waals surface area contributed by atoms with Gasteiger partial charge in [0.05, 0.1) is 11.6 Å². The Hall–Kier alpha value is -0.610. The molecule has 1 saturated heterocycles. The molecule has 3 N–H and O–H groups in total. The van der Waals surface area contributed by atoms with Crippen molar-refractivity contribution in [1.29, 1.82) is 0 Å². The van der Waals surface area contributed by atoms with E-state index in [2.05, 4.69) is 24.5 Å². The Kier molecular flexibility index (Phi) is 3.97. The Labute approximate surface area is 110 Å². The van der Waals surface area contributed by atoms with Gasteiger partial charge < -0.3 is 15.7 Å². The maximum Gasteiger partial charge on any atom is 0.237 e. The van der Waals surface area contributed by atoms with Crippen LogP contribution in [0.2, 0.25) is 0 Å². The summed E-state index contributed by atoms with van der Waals surface area (Å²) in [5, 5.41) is 16.5. The zero-order valence-corrected chi connectivity index (χ0v) is 11.6. The lowest BCUT2D eigenvalue weighted by atomic mass is 9.71. The second kappa shape index (κ2) is 5.17. The molecular formula is C14H26N2O2. The Morgan fingerprint density at radius 2 is 2.00 bits per heavy atom. The minimum Gasteiger partial charge on any atom is -0.388 e. The van der Waals surface area contributed by atoms with Crippen molar-refractivity contribution >= 4 is 5.91 Å². The molecule has 18 heavy (non-hydrogen) atoms.